The third-order valence-electron chi connectivity index (χ3n) is 1.95. The highest BCUT2D eigenvalue weighted by molar-refractivity contribution is 5.99. The third-order valence-corrected chi connectivity index (χ3v) is 1.95. The van der Waals surface area contributed by atoms with Gasteiger partial charge in [-0.2, -0.15) is 0 Å². The maximum Gasteiger partial charge on any atom is 0.161 e. The van der Waals surface area contributed by atoms with Gasteiger partial charge in [-0.15, -0.1) is 0 Å². The normalized spacial score (nSPS) is 14.6. The maximum absolute atomic E-state index is 11.1. The standard InChI is InChI=1S/C12H19N3O/c1-4-12(8-14)15-9(2)5-6-11(7-13)10(3)16/h4-7H,8,13-14H2,1-3H3/b6-5-,11-7+,12-4-,15-9-. The zero-order valence-corrected chi connectivity index (χ0v) is 10.0. The smallest absolute Gasteiger partial charge is 0.161 e. The van der Waals surface area contributed by atoms with Crippen LogP contribution in [0.2, 0.25) is 0 Å². The number of carbonyl (C=O) groups is 1. The van der Waals surface area contributed by atoms with E-state index in [2.05, 4.69) is 4.99 Å². The van der Waals surface area contributed by atoms with Crippen molar-refractivity contribution >= 4 is 11.5 Å². The van der Waals surface area contributed by atoms with Crippen LogP contribution in [0.15, 0.2) is 40.7 Å². The van der Waals surface area contributed by atoms with Crippen molar-refractivity contribution in [2.75, 3.05) is 6.54 Å². The molecule has 0 fully saturated rings. The Morgan fingerprint density at radius 3 is 2.31 bits per heavy atom. The molecule has 0 aromatic carbocycles. The van der Waals surface area contributed by atoms with Gasteiger partial charge in [0.25, 0.3) is 0 Å². The summed E-state index contributed by atoms with van der Waals surface area (Å²) in [5, 5.41) is 0. The van der Waals surface area contributed by atoms with E-state index in [4.69, 9.17) is 11.5 Å². The van der Waals surface area contributed by atoms with Crippen LogP contribution < -0.4 is 11.5 Å². The van der Waals surface area contributed by atoms with Gasteiger partial charge in [-0.05, 0) is 32.9 Å². The van der Waals surface area contributed by atoms with Crippen molar-refractivity contribution in [1.82, 2.24) is 0 Å². The van der Waals surface area contributed by atoms with E-state index < -0.39 is 0 Å². The van der Waals surface area contributed by atoms with E-state index >= 15 is 0 Å². The van der Waals surface area contributed by atoms with Crippen molar-refractivity contribution in [3.63, 3.8) is 0 Å². The first kappa shape index (κ1) is 14.3. The highest BCUT2D eigenvalue weighted by atomic mass is 16.1. The van der Waals surface area contributed by atoms with E-state index in [-0.39, 0.29) is 5.78 Å². The maximum atomic E-state index is 11.1. The third kappa shape index (κ3) is 5.26. The Labute approximate surface area is 96.4 Å². The molecule has 0 unspecified atom stereocenters. The SMILES string of the molecule is C\C=C(CN)/N=C(C)\C=C/C(=C\N)C(C)=O. The zero-order chi connectivity index (χ0) is 12.6. The van der Waals surface area contributed by atoms with Crippen LogP contribution in [-0.2, 0) is 4.79 Å². The fourth-order valence-electron chi connectivity index (χ4n) is 0.992. The number of ketones is 1. The van der Waals surface area contributed by atoms with E-state index in [1.165, 1.54) is 13.1 Å². The molecule has 0 aromatic heterocycles. The lowest BCUT2D eigenvalue weighted by Crippen LogP contribution is -2.02. The molecule has 0 aromatic rings. The van der Waals surface area contributed by atoms with Crippen LogP contribution in [-0.4, -0.2) is 18.0 Å². The topological polar surface area (TPSA) is 81.5 Å². The molecule has 0 atom stereocenters. The minimum atomic E-state index is -0.0726. The number of rotatable bonds is 5. The van der Waals surface area contributed by atoms with Crippen molar-refractivity contribution < 1.29 is 4.79 Å². The molecule has 0 heterocycles. The average molecular weight is 221 g/mol. The minimum Gasteiger partial charge on any atom is -0.404 e. The molecule has 4 N–H and O–H groups in total. The second kappa shape index (κ2) is 7.59. The van der Waals surface area contributed by atoms with Crippen LogP contribution in [0.4, 0.5) is 0 Å². The Bertz CT molecular complexity index is 362. The molecule has 0 radical (unpaired) electrons. The number of hydrogen-bond donors (Lipinski definition) is 2. The van der Waals surface area contributed by atoms with Crippen molar-refractivity contribution in [2.45, 2.75) is 20.8 Å². The Hall–Kier alpha value is -1.68. The van der Waals surface area contributed by atoms with Gasteiger partial charge in [0.2, 0.25) is 0 Å². The first-order chi connectivity index (χ1) is 7.54. The van der Waals surface area contributed by atoms with Gasteiger partial charge < -0.3 is 11.5 Å². The fraction of sp³-hybridized carbons (Fsp3) is 0.333. The number of nitrogens with two attached hydrogens (primary N) is 2. The van der Waals surface area contributed by atoms with Gasteiger partial charge >= 0.3 is 0 Å². The number of carbonyl (C=O) groups excluding carboxylic acids is 1. The summed E-state index contributed by atoms with van der Waals surface area (Å²) in [6.07, 6.45) is 6.51. The predicted molar refractivity (Wildman–Crippen MR) is 68.0 cm³/mol. The van der Waals surface area contributed by atoms with Gasteiger partial charge in [-0.1, -0.05) is 6.08 Å². The molecule has 88 valence electrons. The van der Waals surface area contributed by atoms with Crippen molar-refractivity contribution in [2.24, 2.45) is 16.5 Å². The lowest BCUT2D eigenvalue weighted by molar-refractivity contribution is -0.113. The summed E-state index contributed by atoms with van der Waals surface area (Å²) in [5.41, 5.74) is 12.8. The Morgan fingerprint density at radius 2 is 1.94 bits per heavy atom. The number of hydrogen-bond acceptors (Lipinski definition) is 4. The summed E-state index contributed by atoms with van der Waals surface area (Å²) in [7, 11) is 0. The molecule has 0 aliphatic carbocycles. The van der Waals surface area contributed by atoms with E-state index in [1.54, 1.807) is 12.2 Å². The monoisotopic (exact) mass is 221 g/mol. The first-order valence-corrected chi connectivity index (χ1v) is 5.06. The molecular weight excluding hydrogens is 202 g/mol. The van der Waals surface area contributed by atoms with Crippen LogP contribution in [0.25, 0.3) is 0 Å². The molecule has 0 aliphatic heterocycles. The first-order valence-electron chi connectivity index (χ1n) is 5.06. The quantitative estimate of drug-likeness (QED) is 0.417. The van der Waals surface area contributed by atoms with Crippen molar-refractivity contribution in [1.29, 1.82) is 0 Å². The lowest BCUT2D eigenvalue weighted by atomic mass is 10.2. The molecule has 0 saturated heterocycles. The second-order valence-corrected chi connectivity index (χ2v) is 3.25. The summed E-state index contributed by atoms with van der Waals surface area (Å²) in [5.74, 6) is -0.0726. The molecule has 4 heteroatoms. The van der Waals surface area contributed by atoms with E-state index in [1.807, 2.05) is 19.9 Å². The van der Waals surface area contributed by atoms with Crippen molar-refractivity contribution in [3.05, 3.63) is 35.7 Å². The second-order valence-electron chi connectivity index (χ2n) is 3.25. The van der Waals surface area contributed by atoms with Gasteiger partial charge in [0.1, 0.15) is 0 Å². The van der Waals surface area contributed by atoms with E-state index in [9.17, 15) is 4.79 Å². The summed E-state index contributed by atoms with van der Waals surface area (Å²) in [6.45, 7) is 5.58. The number of Topliss-reactive ketones (excluding diaryl/α,β-unsaturated/α-hetero) is 1. The molecule has 0 aliphatic rings. The van der Waals surface area contributed by atoms with Crippen LogP contribution >= 0.6 is 0 Å². The number of nitrogens with zero attached hydrogens (tertiary/aromatic N) is 1. The Morgan fingerprint density at radius 1 is 1.31 bits per heavy atom. The van der Waals surface area contributed by atoms with Crippen molar-refractivity contribution in [3.8, 4) is 0 Å². The molecule has 16 heavy (non-hydrogen) atoms. The Balaban J connectivity index is 4.74. The van der Waals surface area contributed by atoms with E-state index in [0.717, 1.165) is 11.4 Å². The number of aliphatic imine (C=N–C) groups is 1. The molecule has 4 nitrogen and oxygen atoms in total. The molecular formula is C12H19N3O. The molecule has 0 rings (SSSR count). The van der Waals surface area contributed by atoms with Gasteiger partial charge in [-0.25, -0.2) is 0 Å². The molecule has 0 amide bonds. The average Bonchev–Trinajstić information content (AvgIpc) is 2.26. The Kier molecular flexibility index (Phi) is 6.79. The van der Waals surface area contributed by atoms with Gasteiger partial charge in [0.05, 0.1) is 0 Å². The molecule has 0 bridgehead atoms. The van der Waals surface area contributed by atoms with Gasteiger partial charge in [0, 0.05) is 29.7 Å². The van der Waals surface area contributed by atoms with E-state index in [0.29, 0.717) is 12.1 Å². The highest BCUT2D eigenvalue weighted by Gasteiger charge is 1.97. The summed E-state index contributed by atoms with van der Waals surface area (Å²) in [6, 6.07) is 0. The summed E-state index contributed by atoms with van der Waals surface area (Å²) >= 11 is 0. The van der Waals surface area contributed by atoms with Crippen LogP contribution in [0.3, 0.4) is 0 Å². The summed E-state index contributed by atoms with van der Waals surface area (Å²) < 4.78 is 0. The predicted octanol–water partition coefficient (Wildman–Crippen LogP) is 1.30. The molecule has 0 saturated carbocycles. The number of allylic oxidation sites excluding steroid dienone is 4. The van der Waals surface area contributed by atoms with Crippen LogP contribution in [0.5, 0.6) is 0 Å². The van der Waals surface area contributed by atoms with Gasteiger partial charge in [-0.3, -0.25) is 9.79 Å². The molecule has 0 spiro atoms. The minimum absolute atomic E-state index is 0.0726. The zero-order valence-electron chi connectivity index (χ0n) is 10.0. The highest BCUT2D eigenvalue weighted by Crippen LogP contribution is 1.99. The fourth-order valence-corrected chi connectivity index (χ4v) is 0.992. The summed E-state index contributed by atoms with van der Waals surface area (Å²) in [4.78, 5) is 15.3. The lowest BCUT2D eigenvalue weighted by Gasteiger charge is -1.98. The van der Waals surface area contributed by atoms with Crippen LogP contribution in [0, 0.1) is 0 Å². The van der Waals surface area contributed by atoms with Crippen LogP contribution in [0.1, 0.15) is 20.8 Å². The largest absolute Gasteiger partial charge is 0.404 e. The van der Waals surface area contributed by atoms with Gasteiger partial charge in [0.15, 0.2) is 5.78 Å².